The lowest BCUT2D eigenvalue weighted by atomic mass is 10.0. The highest BCUT2D eigenvalue weighted by molar-refractivity contribution is 5.95. The van der Waals surface area contributed by atoms with Gasteiger partial charge in [0.25, 0.3) is 0 Å². The van der Waals surface area contributed by atoms with Crippen LogP contribution in [0.3, 0.4) is 0 Å². The van der Waals surface area contributed by atoms with E-state index in [1.54, 1.807) is 12.1 Å². The molecule has 1 amide bonds. The van der Waals surface area contributed by atoms with Crippen molar-refractivity contribution in [3.63, 3.8) is 0 Å². The monoisotopic (exact) mass is 484 g/mol. The smallest absolute Gasteiger partial charge is 0.223 e. The maximum atomic E-state index is 13.5. The van der Waals surface area contributed by atoms with Crippen LogP contribution in [0.15, 0.2) is 65.3 Å². The van der Waals surface area contributed by atoms with E-state index in [0.29, 0.717) is 5.56 Å². The van der Waals surface area contributed by atoms with E-state index in [1.807, 2.05) is 31.2 Å². The molecule has 0 aliphatic heterocycles. The van der Waals surface area contributed by atoms with Gasteiger partial charge in [0.05, 0.1) is 12.4 Å². The standard InChI is InChI=1S/C27H30F2N2O4/c1-2-18-5-3-6-19(11-18)16-31(27(34)9-8-24(32)26-7-4-10-35-26)17-25(33)23(30)14-20-12-21(28)15-22(29)13-20/h3-7,10-13,15,23,25,33H,2,8-9,14,16-17,30H2,1H3. The molecule has 2 aromatic carbocycles. The topological polar surface area (TPSA) is 96.8 Å². The number of hydrogen-bond donors (Lipinski definition) is 2. The zero-order valence-electron chi connectivity index (χ0n) is 19.6. The minimum Gasteiger partial charge on any atom is -0.461 e. The van der Waals surface area contributed by atoms with Crippen LogP contribution in [0.5, 0.6) is 0 Å². The minimum atomic E-state index is -1.15. The van der Waals surface area contributed by atoms with Crippen molar-refractivity contribution in [3.8, 4) is 0 Å². The second kappa shape index (κ2) is 12.4. The third-order valence-corrected chi connectivity index (χ3v) is 5.78. The summed E-state index contributed by atoms with van der Waals surface area (Å²) < 4.78 is 32.1. The van der Waals surface area contributed by atoms with Gasteiger partial charge in [0.1, 0.15) is 11.6 Å². The van der Waals surface area contributed by atoms with Gasteiger partial charge < -0.3 is 20.2 Å². The van der Waals surface area contributed by atoms with Gasteiger partial charge in [-0.25, -0.2) is 8.78 Å². The van der Waals surface area contributed by atoms with Crippen molar-refractivity contribution in [1.29, 1.82) is 0 Å². The molecule has 0 aliphatic rings. The molecule has 0 radical (unpaired) electrons. The fraction of sp³-hybridized carbons (Fsp3) is 0.333. The Morgan fingerprint density at radius 2 is 1.71 bits per heavy atom. The van der Waals surface area contributed by atoms with Crippen LogP contribution in [0.25, 0.3) is 0 Å². The predicted octanol–water partition coefficient (Wildman–Crippen LogP) is 4.04. The van der Waals surface area contributed by atoms with Crippen LogP contribution in [0.1, 0.15) is 47.0 Å². The maximum Gasteiger partial charge on any atom is 0.223 e. The number of amides is 1. The van der Waals surface area contributed by atoms with Gasteiger partial charge in [-0.1, -0.05) is 31.2 Å². The summed E-state index contributed by atoms with van der Waals surface area (Å²) in [6, 6.07) is 13.1. The molecule has 2 unspecified atom stereocenters. The Bertz CT molecular complexity index is 1110. The summed E-state index contributed by atoms with van der Waals surface area (Å²) in [5.74, 6) is -1.88. The fourth-order valence-corrected chi connectivity index (χ4v) is 3.86. The average molecular weight is 485 g/mol. The quantitative estimate of drug-likeness (QED) is 0.378. The van der Waals surface area contributed by atoms with Crippen molar-refractivity contribution in [3.05, 3.63) is 94.9 Å². The van der Waals surface area contributed by atoms with E-state index >= 15 is 0 Å². The summed E-state index contributed by atoms with van der Waals surface area (Å²) in [4.78, 5) is 26.8. The van der Waals surface area contributed by atoms with Crippen molar-refractivity contribution >= 4 is 11.7 Å². The van der Waals surface area contributed by atoms with Crippen molar-refractivity contribution in [2.24, 2.45) is 5.73 Å². The molecule has 1 heterocycles. The number of aryl methyl sites for hydroxylation is 1. The van der Waals surface area contributed by atoms with Crippen molar-refractivity contribution < 1.29 is 27.9 Å². The van der Waals surface area contributed by atoms with Crippen LogP contribution in [0.2, 0.25) is 0 Å². The van der Waals surface area contributed by atoms with Crippen LogP contribution >= 0.6 is 0 Å². The summed E-state index contributed by atoms with van der Waals surface area (Å²) in [7, 11) is 0. The summed E-state index contributed by atoms with van der Waals surface area (Å²) >= 11 is 0. The molecule has 1 aromatic heterocycles. The van der Waals surface area contributed by atoms with Crippen molar-refractivity contribution in [2.75, 3.05) is 6.54 Å². The van der Waals surface area contributed by atoms with Crippen molar-refractivity contribution in [1.82, 2.24) is 4.90 Å². The molecular formula is C27H30F2N2O4. The molecule has 0 aliphatic carbocycles. The number of nitrogens with zero attached hydrogens (tertiary/aromatic N) is 1. The Hall–Kier alpha value is -3.36. The third-order valence-electron chi connectivity index (χ3n) is 5.78. The van der Waals surface area contributed by atoms with E-state index in [0.717, 1.165) is 35.7 Å². The van der Waals surface area contributed by atoms with Gasteiger partial charge in [0.2, 0.25) is 5.91 Å². The molecule has 2 atom stereocenters. The zero-order chi connectivity index (χ0) is 25.4. The number of furan rings is 1. The first-order valence-electron chi connectivity index (χ1n) is 11.6. The number of carbonyl (C=O) groups is 2. The first-order valence-corrected chi connectivity index (χ1v) is 11.6. The molecule has 8 heteroatoms. The SMILES string of the molecule is CCc1cccc(CN(CC(O)C(N)Cc2cc(F)cc(F)c2)C(=O)CCC(=O)c2ccco2)c1. The van der Waals surface area contributed by atoms with Gasteiger partial charge >= 0.3 is 0 Å². The van der Waals surface area contributed by atoms with E-state index < -0.39 is 23.8 Å². The van der Waals surface area contributed by atoms with E-state index in [-0.39, 0.29) is 49.8 Å². The molecule has 6 nitrogen and oxygen atoms in total. The minimum absolute atomic E-state index is 0.0280. The molecule has 3 rings (SSSR count). The lowest BCUT2D eigenvalue weighted by Crippen LogP contribution is -2.46. The number of nitrogens with two attached hydrogens (primary N) is 1. The molecule has 0 saturated heterocycles. The van der Waals surface area contributed by atoms with Crippen LogP contribution in [0.4, 0.5) is 8.78 Å². The lowest BCUT2D eigenvalue weighted by molar-refractivity contribution is -0.133. The van der Waals surface area contributed by atoms with Crippen LogP contribution in [-0.4, -0.2) is 40.4 Å². The van der Waals surface area contributed by atoms with Gasteiger partial charge in [-0.2, -0.15) is 0 Å². The third kappa shape index (κ3) is 7.83. The summed E-state index contributed by atoms with van der Waals surface area (Å²) in [5.41, 5.74) is 8.42. The Labute approximate surface area is 203 Å². The number of carbonyl (C=O) groups excluding carboxylic acids is 2. The summed E-state index contributed by atoms with van der Waals surface area (Å²) in [5, 5.41) is 10.8. The highest BCUT2D eigenvalue weighted by atomic mass is 19.1. The highest BCUT2D eigenvalue weighted by Gasteiger charge is 2.24. The maximum absolute atomic E-state index is 13.5. The molecular weight excluding hydrogens is 454 g/mol. The Morgan fingerprint density at radius 3 is 2.37 bits per heavy atom. The number of aliphatic hydroxyl groups is 1. The van der Waals surface area contributed by atoms with E-state index in [4.69, 9.17) is 10.2 Å². The Kier molecular flexibility index (Phi) is 9.28. The number of benzene rings is 2. The Balaban J connectivity index is 1.70. The molecule has 0 bridgehead atoms. The highest BCUT2D eigenvalue weighted by Crippen LogP contribution is 2.15. The summed E-state index contributed by atoms with van der Waals surface area (Å²) in [6.45, 7) is 2.16. The number of ketones is 1. The van der Waals surface area contributed by atoms with Gasteiger partial charge in [-0.3, -0.25) is 9.59 Å². The largest absolute Gasteiger partial charge is 0.461 e. The van der Waals surface area contributed by atoms with Gasteiger partial charge in [-0.15, -0.1) is 0 Å². The Morgan fingerprint density at radius 1 is 1.00 bits per heavy atom. The number of rotatable bonds is 12. The normalized spacial score (nSPS) is 12.8. The predicted molar refractivity (Wildman–Crippen MR) is 128 cm³/mol. The molecule has 3 N–H and O–H groups in total. The van der Waals surface area contributed by atoms with Crippen LogP contribution in [-0.2, 0) is 24.2 Å². The van der Waals surface area contributed by atoms with E-state index in [9.17, 15) is 23.5 Å². The zero-order valence-corrected chi connectivity index (χ0v) is 19.6. The van der Waals surface area contributed by atoms with Gasteiger partial charge in [0, 0.05) is 38.0 Å². The number of halogens is 2. The van der Waals surface area contributed by atoms with Gasteiger partial charge in [0.15, 0.2) is 11.5 Å². The second-order valence-corrected chi connectivity index (χ2v) is 8.56. The molecule has 0 spiro atoms. The average Bonchev–Trinajstić information content (AvgIpc) is 3.36. The molecule has 0 saturated carbocycles. The van der Waals surface area contributed by atoms with E-state index in [2.05, 4.69) is 0 Å². The first kappa shape index (κ1) is 26.2. The van der Waals surface area contributed by atoms with Gasteiger partial charge in [-0.05, 0) is 53.8 Å². The summed E-state index contributed by atoms with van der Waals surface area (Å²) in [6.07, 6.45) is 0.995. The van der Waals surface area contributed by atoms with Crippen molar-refractivity contribution in [2.45, 2.75) is 51.3 Å². The number of aliphatic hydroxyl groups excluding tert-OH is 1. The molecule has 186 valence electrons. The molecule has 35 heavy (non-hydrogen) atoms. The second-order valence-electron chi connectivity index (χ2n) is 8.56. The fourth-order valence-electron chi connectivity index (χ4n) is 3.86. The van der Waals surface area contributed by atoms with E-state index in [1.165, 1.54) is 11.2 Å². The first-order chi connectivity index (χ1) is 16.7. The van der Waals surface area contributed by atoms with Crippen LogP contribution < -0.4 is 5.73 Å². The number of hydrogen-bond acceptors (Lipinski definition) is 5. The molecule has 3 aromatic rings. The lowest BCUT2D eigenvalue weighted by Gasteiger charge is -2.28. The van der Waals surface area contributed by atoms with Crippen LogP contribution in [0, 0.1) is 11.6 Å². The number of Topliss-reactive ketones (excluding diaryl/α,β-unsaturated/α-hetero) is 1. The molecule has 0 fully saturated rings.